The molecule has 0 bridgehead atoms. The number of halogens is 2. The van der Waals surface area contributed by atoms with Crippen LogP contribution in [0.15, 0.2) is 60.8 Å². The molecule has 1 saturated carbocycles. The normalized spacial score (nSPS) is 13.9. The number of fused-ring (bicyclic) bond motifs is 1. The molecule has 4 aromatic rings. The zero-order chi connectivity index (χ0) is 24.5. The van der Waals surface area contributed by atoms with E-state index in [1.165, 1.54) is 34.3 Å². The van der Waals surface area contributed by atoms with E-state index in [4.69, 9.17) is 34.8 Å². The first-order valence-electron chi connectivity index (χ1n) is 11.0. The third kappa shape index (κ3) is 5.40. The SMILES string of the molecule is N/C(=C\N(N)Cc1cn2cc(C3CC3)ccc2n1)C(=O)NCc1cc(Cl)ccc1-n1cc(Cl)nn1. The summed E-state index contributed by atoms with van der Waals surface area (Å²) in [6.07, 6.45) is 9.46. The second-order valence-corrected chi connectivity index (χ2v) is 9.26. The van der Waals surface area contributed by atoms with Gasteiger partial charge in [-0.05, 0) is 54.2 Å². The molecule has 1 aliphatic rings. The summed E-state index contributed by atoms with van der Waals surface area (Å²) in [7, 11) is 0. The molecule has 180 valence electrons. The molecule has 0 radical (unpaired) electrons. The largest absolute Gasteiger partial charge is 0.393 e. The Morgan fingerprint density at radius 1 is 1.20 bits per heavy atom. The number of aromatic nitrogens is 5. The summed E-state index contributed by atoms with van der Waals surface area (Å²) >= 11 is 12.0. The van der Waals surface area contributed by atoms with Gasteiger partial charge in [0.2, 0.25) is 0 Å². The topological polar surface area (TPSA) is 132 Å². The maximum absolute atomic E-state index is 12.6. The number of hydrogen-bond acceptors (Lipinski definition) is 7. The summed E-state index contributed by atoms with van der Waals surface area (Å²) in [5.41, 5.74) is 10.3. The Morgan fingerprint density at radius 3 is 2.77 bits per heavy atom. The average molecular weight is 512 g/mol. The first kappa shape index (κ1) is 23.2. The van der Waals surface area contributed by atoms with Crippen molar-refractivity contribution in [3.63, 3.8) is 0 Å². The van der Waals surface area contributed by atoms with E-state index in [1.807, 2.05) is 16.7 Å². The molecule has 0 saturated heterocycles. The number of hydrazine groups is 1. The Morgan fingerprint density at radius 2 is 2.03 bits per heavy atom. The van der Waals surface area contributed by atoms with Crippen LogP contribution in [0.25, 0.3) is 11.3 Å². The summed E-state index contributed by atoms with van der Waals surface area (Å²) in [6, 6.07) is 9.32. The van der Waals surface area contributed by atoms with Crippen LogP contribution in [0.4, 0.5) is 0 Å². The molecule has 1 aromatic carbocycles. The quantitative estimate of drug-likeness (QED) is 0.188. The third-order valence-electron chi connectivity index (χ3n) is 5.68. The lowest BCUT2D eigenvalue weighted by Gasteiger charge is -2.14. The molecule has 5 rings (SSSR count). The molecule has 0 spiro atoms. The van der Waals surface area contributed by atoms with Gasteiger partial charge in [0, 0.05) is 30.2 Å². The van der Waals surface area contributed by atoms with Crippen LogP contribution >= 0.6 is 23.2 Å². The Labute approximate surface area is 211 Å². The van der Waals surface area contributed by atoms with Crippen LogP contribution in [-0.2, 0) is 17.9 Å². The fourth-order valence-electron chi connectivity index (χ4n) is 3.82. The van der Waals surface area contributed by atoms with Crippen molar-refractivity contribution in [3.8, 4) is 5.69 Å². The van der Waals surface area contributed by atoms with Gasteiger partial charge in [-0.15, -0.1) is 5.10 Å². The monoisotopic (exact) mass is 511 g/mol. The molecule has 3 heterocycles. The molecule has 1 aliphatic carbocycles. The van der Waals surface area contributed by atoms with Gasteiger partial charge in [0.1, 0.15) is 11.3 Å². The van der Waals surface area contributed by atoms with Crippen LogP contribution in [0.3, 0.4) is 0 Å². The van der Waals surface area contributed by atoms with Gasteiger partial charge in [0.15, 0.2) is 5.15 Å². The van der Waals surface area contributed by atoms with Crippen LogP contribution in [0.5, 0.6) is 0 Å². The number of benzene rings is 1. The van der Waals surface area contributed by atoms with Crippen molar-refractivity contribution in [2.75, 3.05) is 0 Å². The van der Waals surface area contributed by atoms with Gasteiger partial charge in [-0.1, -0.05) is 34.5 Å². The lowest BCUT2D eigenvalue weighted by molar-refractivity contribution is -0.117. The van der Waals surface area contributed by atoms with E-state index >= 15 is 0 Å². The Bertz CT molecular complexity index is 1420. The number of nitrogens with one attached hydrogen (secondary N) is 1. The number of imidazole rings is 1. The highest BCUT2D eigenvalue weighted by Crippen LogP contribution is 2.39. The second-order valence-electron chi connectivity index (χ2n) is 8.43. The van der Waals surface area contributed by atoms with E-state index in [0.717, 1.165) is 11.3 Å². The zero-order valence-electron chi connectivity index (χ0n) is 18.6. The summed E-state index contributed by atoms with van der Waals surface area (Å²) in [5.74, 6) is 6.27. The van der Waals surface area contributed by atoms with E-state index < -0.39 is 5.91 Å². The molecule has 0 atom stereocenters. The highest BCUT2D eigenvalue weighted by atomic mass is 35.5. The molecule has 10 nitrogen and oxygen atoms in total. The van der Waals surface area contributed by atoms with E-state index in [0.29, 0.717) is 28.7 Å². The summed E-state index contributed by atoms with van der Waals surface area (Å²) in [5, 5.41) is 12.6. The van der Waals surface area contributed by atoms with Gasteiger partial charge in [-0.2, -0.15) is 0 Å². The summed E-state index contributed by atoms with van der Waals surface area (Å²) in [4.78, 5) is 17.2. The smallest absolute Gasteiger partial charge is 0.268 e. The van der Waals surface area contributed by atoms with Gasteiger partial charge < -0.3 is 20.5 Å². The Balaban J connectivity index is 1.23. The van der Waals surface area contributed by atoms with Crippen LogP contribution in [0, 0.1) is 0 Å². The minimum absolute atomic E-state index is 0.0420. The molecule has 0 unspecified atom stereocenters. The minimum Gasteiger partial charge on any atom is -0.393 e. The van der Waals surface area contributed by atoms with Crippen molar-refractivity contribution in [2.45, 2.75) is 31.8 Å². The van der Waals surface area contributed by atoms with Crippen LogP contribution in [-0.4, -0.2) is 35.3 Å². The summed E-state index contributed by atoms with van der Waals surface area (Å²) < 4.78 is 3.50. The second kappa shape index (κ2) is 9.57. The predicted molar refractivity (Wildman–Crippen MR) is 132 cm³/mol. The number of pyridine rings is 1. The Hall–Kier alpha value is -3.60. The molecule has 3 aromatic heterocycles. The molecular formula is C23H23Cl2N9O. The number of carbonyl (C=O) groups excluding carboxylic acids is 1. The van der Waals surface area contributed by atoms with Crippen molar-refractivity contribution in [1.82, 2.24) is 34.7 Å². The molecule has 1 amide bonds. The highest BCUT2D eigenvalue weighted by Gasteiger charge is 2.23. The summed E-state index contributed by atoms with van der Waals surface area (Å²) in [6.45, 7) is 0.445. The van der Waals surface area contributed by atoms with Gasteiger partial charge >= 0.3 is 0 Å². The fourth-order valence-corrected chi connectivity index (χ4v) is 4.14. The van der Waals surface area contributed by atoms with E-state index in [1.54, 1.807) is 24.4 Å². The average Bonchev–Trinajstić information content (AvgIpc) is 3.47. The van der Waals surface area contributed by atoms with Gasteiger partial charge in [-0.3, -0.25) is 4.79 Å². The number of nitrogens with two attached hydrogens (primary N) is 2. The zero-order valence-corrected chi connectivity index (χ0v) is 20.1. The van der Waals surface area contributed by atoms with Crippen molar-refractivity contribution < 1.29 is 4.79 Å². The molecule has 12 heteroatoms. The number of carbonyl (C=O) groups is 1. The molecule has 1 fully saturated rings. The number of hydrogen-bond donors (Lipinski definition) is 3. The standard InChI is InChI=1S/C23H23Cl2N9O/c24-17-4-5-20(34-13-21(25)30-31-34)16(7-17)8-28-23(35)19(26)12-33(27)11-18-10-32-9-15(14-1-2-14)3-6-22(32)29-18/h3-7,9-10,12-14H,1-2,8,11,26-27H2,(H,28,35)/b19-12-. The molecule has 0 aliphatic heterocycles. The van der Waals surface area contributed by atoms with E-state index in [-0.39, 0.29) is 17.4 Å². The Kier molecular flexibility index (Phi) is 6.33. The number of amides is 1. The number of rotatable bonds is 8. The molecular weight excluding hydrogens is 489 g/mol. The minimum atomic E-state index is -0.480. The maximum Gasteiger partial charge on any atom is 0.268 e. The maximum atomic E-state index is 12.6. The van der Waals surface area contributed by atoms with Crippen molar-refractivity contribution in [3.05, 3.63) is 87.8 Å². The lowest BCUT2D eigenvalue weighted by Crippen LogP contribution is -2.32. The van der Waals surface area contributed by atoms with Crippen molar-refractivity contribution in [1.29, 1.82) is 0 Å². The van der Waals surface area contributed by atoms with Crippen LogP contribution < -0.4 is 16.9 Å². The van der Waals surface area contributed by atoms with Crippen LogP contribution in [0.2, 0.25) is 10.2 Å². The predicted octanol–water partition coefficient (Wildman–Crippen LogP) is 2.89. The van der Waals surface area contributed by atoms with Crippen molar-refractivity contribution >= 4 is 34.8 Å². The van der Waals surface area contributed by atoms with Crippen LogP contribution in [0.1, 0.15) is 35.6 Å². The molecule has 35 heavy (non-hydrogen) atoms. The lowest BCUT2D eigenvalue weighted by atomic mass is 10.1. The van der Waals surface area contributed by atoms with Gasteiger partial charge in [-0.25, -0.2) is 15.5 Å². The van der Waals surface area contributed by atoms with Gasteiger partial charge in [0.05, 0.1) is 24.1 Å². The third-order valence-corrected chi connectivity index (χ3v) is 6.09. The fraction of sp³-hybridized carbons (Fsp3) is 0.217. The van der Waals surface area contributed by atoms with E-state index in [2.05, 4.69) is 32.9 Å². The van der Waals surface area contributed by atoms with E-state index in [9.17, 15) is 4.79 Å². The first-order chi connectivity index (χ1) is 16.9. The molecule has 5 N–H and O–H groups in total. The van der Waals surface area contributed by atoms with Gasteiger partial charge in [0.25, 0.3) is 5.91 Å². The van der Waals surface area contributed by atoms with Crippen molar-refractivity contribution in [2.24, 2.45) is 11.6 Å². The highest BCUT2D eigenvalue weighted by molar-refractivity contribution is 6.30. The number of nitrogens with zero attached hydrogens (tertiary/aromatic N) is 6. The first-order valence-corrected chi connectivity index (χ1v) is 11.7.